The van der Waals surface area contributed by atoms with Crippen LogP contribution in [-0.2, 0) is 26.9 Å². The van der Waals surface area contributed by atoms with E-state index in [-0.39, 0.29) is 0 Å². The monoisotopic (exact) mass is 248 g/mol. The first-order valence-corrected chi connectivity index (χ1v) is 5.83. The van der Waals surface area contributed by atoms with E-state index in [0.29, 0.717) is 0 Å². The van der Waals surface area contributed by atoms with E-state index >= 15 is 0 Å². The van der Waals surface area contributed by atoms with Crippen LogP contribution in [0.5, 0.6) is 11.8 Å². The second kappa shape index (κ2) is 3.76. The molecule has 0 unspecified atom stereocenters. The lowest BCUT2D eigenvalue weighted by Crippen LogP contribution is -2.06. The van der Waals surface area contributed by atoms with Crippen LogP contribution < -0.4 is 9.47 Å². The van der Waals surface area contributed by atoms with Crippen LogP contribution >= 0.6 is 0 Å². The molecule has 0 atom stereocenters. The van der Waals surface area contributed by atoms with Gasteiger partial charge in [-0.3, -0.25) is 0 Å². The minimum Gasteiger partial charge on any atom is -0.481 e. The Morgan fingerprint density at radius 1 is 0.833 bits per heavy atom. The van der Waals surface area contributed by atoms with Crippen LogP contribution in [0, 0.1) is 0 Å². The molecule has 6 heteroatoms. The van der Waals surface area contributed by atoms with Crippen LogP contribution in [0.25, 0.3) is 0 Å². The molecule has 0 amide bonds. The fourth-order valence-electron chi connectivity index (χ4n) is 2.70. The Balaban J connectivity index is 2.11. The van der Waals surface area contributed by atoms with Crippen molar-refractivity contribution < 1.29 is 9.47 Å². The van der Waals surface area contributed by atoms with E-state index in [9.17, 15) is 0 Å². The van der Waals surface area contributed by atoms with Crippen LogP contribution in [0.3, 0.4) is 0 Å². The second-order valence-electron chi connectivity index (χ2n) is 4.47. The van der Waals surface area contributed by atoms with Crippen LogP contribution in [-0.4, -0.2) is 33.8 Å². The fourth-order valence-corrected chi connectivity index (χ4v) is 2.70. The molecule has 18 heavy (non-hydrogen) atoms. The van der Waals surface area contributed by atoms with Gasteiger partial charge >= 0.3 is 0 Å². The largest absolute Gasteiger partial charge is 0.481 e. The van der Waals surface area contributed by atoms with E-state index in [4.69, 9.17) is 9.47 Å². The maximum Gasteiger partial charge on any atom is 0.215 e. The zero-order valence-corrected chi connectivity index (χ0v) is 11.0. The highest BCUT2D eigenvalue weighted by atomic mass is 16.5. The molecular formula is C12H16N4O2. The van der Waals surface area contributed by atoms with Gasteiger partial charge in [0.05, 0.1) is 25.6 Å². The number of fused-ring (bicyclic) bond motifs is 2. The number of aromatic nitrogens is 4. The van der Waals surface area contributed by atoms with E-state index in [1.807, 2.05) is 14.1 Å². The molecule has 6 nitrogen and oxygen atoms in total. The SMILES string of the molecule is COc1c2c(nn1C)Cc1c(nn(C)c1OC)C2. The minimum atomic E-state index is 0.749. The number of rotatable bonds is 2. The molecule has 0 saturated carbocycles. The van der Waals surface area contributed by atoms with Gasteiger partial charge in [0, 0.05) is 38.1 Å². The molecule has 2 aromatic rings. The highest BCUT2D eigenvalue weighted by molar-refractivity contribution is 5.48. The first-order valence-electron chi connectivity index (χ1n) is 5.83. The predicted octanol–water partition coefficient (Wildman–Crippen LogP) is 0.666. The molecular weight excluding hydrogens is 232 g/mol. The van der Waals surface area contributed by atoms with Crippen LogP contribution in [0.4, 0.5) is 0 Å². The smallest absolute Gasteiger partial charge is 0.215 e. The number of methoxy groups -OCH3 is 2. The van der Waals surface area contributed by atoms with Crippen molar-refractivity contribution in [2.75, 3.05) is 14.2 Å². The molecule has 1 aliphatic carbocycles. The first kappa shape index (κ1) is 11.1. The van der Waals surface area contributed by atoms with Gasteiger partial charge in [-0.1, -0.05) is 0 Å². The standard InChI is InChI=1S/C12H16N4O2/c1-15-11(17-3)7-5-10-8(6-9(7)13-15)12(18-4)16(2)14-10/h5-6H2,1-4H3. The molecule has 0 bridgehead atoms. The Hall–Kier alpha value is -1.98. The van der Waals surface area contributed by atoms with Gasteiger partial charge in [0.2, 0.25) is 11.8 Å². The van der Waals surface area contributed by atoms with Crippen molar-refractivity contribution in [1.29, 1.82) is 0 Å². The Labute approximate surface area is 105 Å². The second-order valence-corrected chi connectivity index (χ2v) is 4.47. The van der Waals surface area contributed by atoms with Crippen molar-refractivity contribution in [3.8, 4) is 11.8 Å². The molecule has 0 radical (unpaired) electrons. The summed E-state index contributed by atoms with van der Waals surface area (Å²) in [6.45, 7) is 0. The summed E-state index contributed by atoms with van der Waals surface area (Å²) in [6, 6.07) is 0. The predicted molar refractivity (Wildman–Crippen MR) is 65.1 cm³/mol. The molecule has 0 N–H and O–H groups in total. The maximum atomic E-state index is 5.40. The topological polar surface area (TPSA) is 54.1 Å². The molecule has 96 valence electrons. The number of hydrogen-bond donors (Lipinski definition) is 0. The summed E-state index contributed by atoms with van der Waals surface area (Å²) in [5.74, 6) is 1.64. The molecule has 0 aromatic carbocycles. The van der Waals surface area contributed by atoms with E-state index in [0.717, 1.165) is 47.1 Å². The normalized spacial score (nSPS) is 13.1. The third-order valence-electron chi connectivity index (χ3n) is 3.42. The van der Waals surface area contributed by atoms with Gasteiger partial charge in [0.1, 0.15) is 0 Å². The Bertz CT molecular complexity index is 558. The van der Waals surface area contributed by atoms with Crippen molar-refractivity contribution in [2.24, 2.45) is 14.1 Å². The zero-order chi connectivity index (χ0) is 12.9. The molecule has 3 rings (SSSR count). The third-order valence-corrected chi connectivity index (χ3v) is 3.42. The number of ether oxygens (including phenoxy) is 2. The lowest BCUT2D eigenvalue weighted by molar-refractivity contribution is 0.369. The summed E-state index contributed by atoms with van der Waals surface area (Å²) < 4.78 is 14.4. The van der Waals surface area contributed by atoms with E-state index < -0.39 is 0 Å². The van der Waals surface area contributed by atoms with Crippen molar-refractivity contribution in [1.82, 2.24) is 19.6 Å². The Kier molecular flexibility index (Phi) is 2.33. The summed E-state index contributed by atoms with van der Waals surface area (Å²) >= 11 is 0. The van der Waals surface area contributed by atoms with E-state index in [1.165, 1.54) is 0 Å². The van der Waals surface area contributed by atoms with Crippen LogP contribution in [0.15, 0.2) is 0 Å². The minimum absolute atomic E-state index is 0.749. The van der Waals surface area contributed by atoms with Crippen molar-refractivity contribution >= 4 is 0 Å². The average Bonchev–Trinajstić information content (AvgIpc) is 2.80. The number of hydrogen-bond acceptors (Lipinski definition) is 4. The summed E-state index contributed by atoms with van der Waals surface area (Å²) in [5.41, 5.74) is 4.36. The van der Waals surface area contributed by atoms with Gasteiger partial charge in [-0.25, -0.2) is 9.36 Å². The fraction of sp³-hybridized carbons (Fsp3) is 0.500. The Morgan fingerprint density at radius 3 is 1.56 bits per heavy atom. The van der Waals surface area contributed by atoms with E-state index in [1.54, 1.807) is 23.6 Å². The molecule has 1 aliphatic rings. The van der Waals surface area contributed by atoms with Gasteiger partial charge in [-0.2, -0.15) is 10.2 Å². The Morgan fingerprint density at radius 2 is 1.22 bits per heavy atom. The van der Waals surface area contributed by atoms with Crippen molar-refractivity contribution in [2.45, 2.75) is 12.8 Å². The molecule has 0 aliphatic heterocycles. The van der Waals surface area contributed by atoms with Gasteiger partial charge in [-0.15, -0.1) is 0 Å². The van der Waals surface area contributed by atoms with Gasteiger partial charge in [-0.05, 0) is 0 Å². The lowest BCUT2D eigenvalue weighted by atomic mass is 9.95. The zero-order valence-electron chi connectivity index (χ0n) is 11.0. The molecule has 2 heterocycles. The average molecular weight is 248 g/mol. The van der Waals surface area contributed by atoms with Crippen LogP contribution in [0.2, 0.25) is 0 Å². The van der Waals surface area contributed by atoms with Gasteiger partial charge in [0.15, 0.2) is 0 Å². The highest BCUT2D eigenvalue weighted by Gasteiger charge is 2.29. The van der Waals surface area contributed by atoms with Gasteiger partial charge < -0.3 is 9.47 Å². The number of aryl methyl sites for hydroxylation is 2. The lowest BCUT2D eigenvalue weighted by Gasteiger charge is -2.11. The third kappa shape index (κ3) is 1.35. The highest BCUT2D eigenvalue weighted by Crippen LogP contribution is 2.35. The summed E-state index contributed by atoms with van der Waals surface area (Å²) in [4.78, 5) is 0. The van der Waals surface area contributed by atoms with E-state index in [2.05, 4.69) is 10.2 Å². The summed E-state index contributed by atoms with van der Waals surface area (Å²) in [6.07, 6.45) is 1.50. The van der Waals surface area contributed by atoms with Gasteiger partial charge in [0.25, 0.3) is 0 Å². The number of nitrogens with zero attached hydrogens (tertiary/aromatic N) is 4. The van der Waals surface area contributed by atoms with Crippen LogP contribution in [0.1, 0.15) is 22.5 Å². The molecule has 0 fully saturated rings. The quantitative estimate of drug-likeness (QED) is 0.668. The molecule has 2 aromatic heterocycles. The summed E-state index contributed by atoms with van der Waals surface area (Å²) in [5, 5.41) is 9.01. The van der Waals surface area contributed by atoms with Crippen molar-refractivity contribution in [3.05, 3.63) is 22.5 Å². The first-order chi connectivity index (χ1) is 8.65. The maximum absolute atomic E-state index is 5.40. The molecule has 0 saturated heterocycles. The molecule has 0 spiro atoms. The summed E-state index contributed by atoms with van der Waals surface area (Å²) in [7, 11) is 7.14. The van der Waals surface area contributed by atoms with Crippen molar-refractivity contribution in [3.63, 3.8) is 0 Å².